The maximum atomic E-state index is 12.5. The molecule has 0 bridgehead atoms. The number of carbonyl (C=O) groups is 1. The van der Waals surface area contributed by atoms with Crippen LogP contribution in [0.2, 0.25) is 0 Å². The summed E-state index contributed by atoms with van der Waals surface area (Å²) in [5.41, 5.74) is 10.4. The summed E-state index contributed by atoms with van der Waals surface area (Å²) < 4.78 is 5.91. The summed E-state index contributed by atoms with van der Waals surface area (Å²) in [5.74, 6) is 0.708. The number of fused-ring (bicyclic) bond motifs is 1. The summed E-state index contributed by atoms with van der Waals surface area (Å²) in [6, 6.07) is 13.3. The number of rotatable bonds is 7. The van der Waals surface area contributed by atoms with Crippen molar-refractivity contribution in [1.82, 2.24) is 10.3 Å². The highest BCUT2D eigenvalue weighted by Gasteiger charge is 2.18. The number of carbonyl (C=O) groups excluding carboxylic acids is 1. The normalized spacial score (nSPS) is 13.3. The van der Waals surface area contributed by atoms with Crippen LogP contribution >= 0.6 is 0 Å². The molecule has 0 spiro atoms. The molecule has 3 rings (SSSR count). The number of benzene rings is 2. The summed E-state index contributed by atoms with van der Waals surface area (Å²) >= 11 is 0. The second kappa shape index (κ2) is 8.27. The molecule has 0 fully saturated rings. The summed E-state index contributed by atoms with van der Waals surface area (Å²) in [7, 11) is 0. The fraction of sp³-hybridized carbons (Fsp3) is 0.318. The predicted octanol–water partition coefficient (Wildman–Crippen LogP) is 3.24. The van der Waals surface area contributed by atoms with Gasteiger partial charge in [0.15, 0.2) is 0 Å². The molecule has 3 aromatic rings. The van der Waals surface area contributed by atoms with Crippen LogP contribution in [0.3, 0.4) is 0 Å². The lowest BCUT2D eigenvalue weighted by molar-refractivity contribution is -0.123. The molecule has 27 heavy (non-hydrogen) atoms. The SMILES string of the molecule is Cc1cccc(C)c1OCC(C)NC(=O)[C@@H](N)Cc1c[nH]c2ccccc12. The van der Waals surface area contributed by atoms with E-state index in [0.29, 0.717) is 13.0 Å². The molecule has 0 aliphatic rings. The fourth-order valence-corrected chi connectivity index (χ4v) is 3.26. The third-order valence-electron chi connectivity index (χ3n) is 4.73. The van der Waals surface area contributed by atoms with E-state index < -0.39 is 6.04 Å². The van der Waals surface area contributed by atoms with Crippen LogP contribution in [0, 0.1) is 13.8 Å². The average molecular weight is 365 g/mol. The first kappa shape index (κ1) is 19.0. The van der Waals surface area contributed by atoms with Gasteiger partial charge in [0.1, 0.15) is 12.4 Å². The summed E-state index contributed by atoms with van der Waals surface area (Å²) in [5, 5.41) is 4.05. The van der Waals surface area contributed by atoms with Crippen LogP contribution in [0.5, 0.6) is 5.75 Å². The quantitative estimate of drug-likeness (QED) is 0.601. The van der Waals surface area contributed by atoms with Crippen molar-refractivity contribution in [2.45, 2.75) is 39.3 Å². The maximum absolute atomic E-state index is 12.5. The molecule has 142 valence electrons. The van der Waals surface area contributed by atoms with Gasteiger partial charge in [0, 0.05) is 17.1 Å². The molecule has 5 heteroatoms. The van der Waals surface area contributed by atoms with Gasteiger partial charge in [-0.15, -0.1) is 0 Å². The standard InChI is InChI=1S/C22H27N3O2/c1-14-7-6-8-15(2)21(14)27-13-16(3)25-22(26)19(23)11-17-12-24-20-10-5-4-9-18(17)20/h4-10,12,16,19,24H,11,13,23H2,1-3H3,(H,25,26)/t16?,19-/m0/s1. The Labute approximate surface area is 159 Å². The molecular weight excluding hydrogens is 338 g/mol. The molecule has 0 saturated carbocycles. The summed E-state index contributed by atoms with van der Waals surface area (Å²) in [6.07, 6.45) is 2.41. The minimum atomic E-state index is -0.605. The lowest BCUT2D eigenvalue weighted by atomic mass is 10.0. The molecule has 0 aliphatic heterocycles. The fourth-order valence-electron chi connectivity index (χ4n) is 3.26. The Bertz CT molecular complexity index is 912. The first-order valence-corrected chi connectivity index (χ1v) is 9.25. The van der Waals surface area contributed by atoms with Crippen molar-refractivity contribution in [3.63, 3.8) is 0 Å². The van der Waals surface area contributed by atoms with Gasteiger partial charge < -0.3 is 20.8 Å². The molecule has 1 amide bonds. The highest BCUT2D eigenvalue weighted by molar-refractivity contribution is 5.86. The van der Waals surface area contributed by atoms with E-state index in [1.165, 1.54) is 0 Å². The van der Waals surface area contributed by atoms with Crippen LogP contribution in [0.4, 0.5) is 0 Å². The molecule has 0 radical (unpaired) electrons. The molecule has 1 aromatic heterocycles. The van der Waals surface area contributed by atoms with Crippen molar-refractivity contribution in [1.29, 1.82) is 0 Å². The molecule has 2 aromatic carbocycles. The highest BCUT2D eigenvalue weighted by atomic mass is 16.5. The van der Waals surface area contributed by atoms with E-state index in [9.17, 15) is 4.79 Å². The van der Waals surface area contributed by atoms with E-state index in [4.69, 9.17) is 10.5 Å². The Morgan fingerprint density at radius 2 is 1.85 bits per heavy atom. The Morgan fingerprint density at radius 3 is 2.59 bits per heavy atom. The number of aromatic amines is 1. The minimum absolute atomic E-state index is 0.134. The molecule has 2 atom stereocenters. The van der Waals surface area contributed by atoms with Crippen molar-refractivity contribution in [2.24, 2.45) is 5.73 Å². The Balaban J connectivity index is 1.54. The Kier molecular flexibility index (Phi) is 5.81. The van der Waals surface area contributed by atoms with Gasteiger partial charge in [-0.3, -0.25) is 4.79 Å². The highest BCUT2D eigenvalue weighted by Crippen LogP contribution is 2.22. The van der Waals surface area contributed by atoms with Crippen molar-refractivity contribution >= 4 is 16.8 Å². The monoisotopic (exact) mass is 365 g/mol. The number of hydrogen-bond donors (Lipinski definition) is 3. The predicted molar refractivity (Wildman–Crippen MR) is 109 cm³/mol. The third kappa shape index (κ3) is 4.49. The second-order valence-corrected chi connectivity index (χ2v) is 7.11. The number of nitrogens with one attached hydrogen (secondary N) is 2. The average Bonchev–Trinajstić information content (AvgIpc) is 3.04. The van der Waals surface area contributed by atoms with Crippen LogP contribution in [-0.2, 0) is 11.2 Å². The smallest absolute Gasteiger partial charge is 0.237 e. The van der Waals surface area contributed by atoms with Crippen LogP contribution in [0.15, 0.2) is 48.7 Å². The van der Waals surface area contributed by atoms with Crippen LogP contribution in [-0.4, -0.2) is 29.6 Å². The zero-order chi connectivity index (χ0) is 19.4. The van der Waals surface area contributed by atoms with Crippen LogP contribution < -0.4 is 15.8 Å². The number of nitrogens with two attached hydrogens (primary N) is 1. The van der Waals surface area contributed by atoms with E-state index in [1.54, 1.807) is 0 Å². The van der Waals surface area contributed by atoms with Gasteiger partial charge in [-0.1, -0.05) is 36.4 Å². The number of H-pyrrole nitrogens is 1. The molecule has 5 nitrogen and oxygen atoms in total. The van der Waals surface area contributed by atoms with E-state index in [-0.39, 0.29) is 11.9 Å². The Morgan fingerprint density at radius 1 is 1.15 bits per heavy atom. The van der Waals surface area contributed by atoms with Gasteiger partial charge in [0.25, 0.3) is 0 Å². The van der Waals surface area contributed by atoms with Crippen molar-refractivity contribution in [3.05, 3.63) is 65.4 Å². The number of amides is 1. The number of hydrogen-bond acceptors (Lipinski definition) is 3. The third-order valence-corrected chi connectivity index (χ3v) is 4.73. The van der Waals surface area contributed by atoms with Gasteiger partial charge in [-0.2, -0.15) is 0 Å². The van der Waals surface area contributed by atoms with Crippen molar-refractivity contribution in [2.75, 3.05) is 6.61 Å². The maximum Gasteiger partial charge on any atom is 0.237 e. The summed E-state index contributed by atoms with van der Waals surface area (Å²) in [4.78, 5) is 15.7. The molecular formula is C22H27N3O2. The van der Waals surface area contributed by atoms with Crippen LogP contribution in [0.25, 0.3) is 10.9 Å². The number of aryl methyl sites for hydroxylation is 2. The van der Waals surface area contributed by atoms with Gasteiger partial charge >= 0.3 is 0 Å². The van der Waals surface area contributed by atoms with Crippen LogP contribution in [0.1, 0.15) is 23.6 Å². The first-order chi connectivity index (χ1) is 13.0. The molecule has 1 heterocycles. The number of aromatic nitrogens is 1. The molecule has 0 aliphatic carbocycles. The van der Waals surface area contributed by atoms with Gasteiger partial charge in [-0.25, -0.2) is 0 Å². The minimum Gasteiger partial charge on any atom is -0.491 e. The van der Waals surface area contributed by atoms with E-state index in [1.807, 2.05) is 69.4 Å². The molecule has 0 saturated heterocycles. The lowest BCUT2D eigenvalue weighted by Crippen LogP contribution is -2.47. The van der Waals surface area contributed by atoms with Gasteiger partial charge in [-0.05, 0) is 49.9 Å². The lowest BCUT2D eigenvalue weighted by Gasteiger charge is -2.19. The number of ether oxygens (including phenoxy) is 1. The molecule has 1 unspecified atom stereocenters. The van der Waals surface area contributed by atoms with Gasteiger partial charge in [0.05, 0.1) is 12.1 Å². The largest absolute Gasteiger partial charge is 0.491 e. The zero-order valence-corrected chi connectivity index (χ0v) is 16.1. The topological polar surface area (TPSA) is 80.1 Å². The molecule has 4 N–H and O–H groups in total. The Hall–Kier alpha value is -2.79. The van der Waals surface area contributed by atoms with E-state index in [0.717, 1.165) is 33.3 Å². The first-order valence-electron chi connectivity index (χ1n) is 9.25. The van der Waals surface area contributed by atoms with Gasteiger partial charge in [0.2, 0.25) is 5.91 Å². The zero-order valence-electron chi connectivity index (χ0n) is 16.1. The second-order valence-electron chi connectivity index (χ2n) is 7.11. The summed E-state index contributed by atoms with van der Waals surface area (Å²) in [6.45, 7) is 6.35. The number of para-hydroxylation sites is 2. The van der Waals surface area contributed by atoms with E-state index >= 15 is 0 Å². The van der Waals surface area contributed by atoms with Crippen molar-refractivity contribution < 1.29 is 9.53 Å². The van der Waals surface area contributed by atoms with E-state index in [2.05, 4.69) is 10.3 Å². The van der Waals surface area contributed by atoms with Crippen molar-refractivity contribution in [3.8, 4) is 5.75 Å².